The zero-order valence-electron chi connectivity index (χ0n) is 9.98. The van der Waals surface area contributed by atoms with Gasteiger partial charge in [0.1, 0.15) is 0 Å². The van der Waals surface area contributed by atoms with Crippen LogP contribution in [0.15, 0.2) is 28.7 Å². The van der Waals surface area contributed by atoms with E-state index in [1.165, 1.54) is 0 Å². The summed E-state index contributed by atoms with van der Waals surface area (Å²) in [4.78, 5) is 23.4. The van der Waals surface area contributed by atoms with E-state index in [1.54, 1.807) is 31.2 Å². The predicted octanol–water partition coefficient (Wildman–Crippen LogP) is 2.27. The summed E-state index contributed by atoms with van der Waals surface area (Å²) in [6, 6.07) is 7.08. The van der Waals surface area contributed by atoms with Crippen LogP contribution in [0.25, 0.3) is 0 Å². The lowest BCUT2D eigenvalue weighted by molar-refractivity contribution is -0.129. The van der Waals surface area contributed by atoms with Crippen molar-refractivity contribution in [1.82, 2.24) is 5.32 Å². The number of rotatable bonds is 4. The van der Waals surface area contributed by atoms with Crippen molar-refractivity contribution >= 4 is 27.8 Å². The molecule has 0 aromatic heterocycles. The first kappa shape index (κ1) is 13.1. The molecule has 18 heavy (non-hydrogen) atoms. The lowest BCUT2D eigenvalue weighted by Crippen LogP contribution is -2.37. The molecular formula is C13H14BrNO3. The van der Waals surface area contributed by atoms with Crippen LogP contribution in [0.1, 0.15) is 30.1 Å². The van der Waals surface area contributed by atoms with Crippen molar-refractivity contribution in [2.24, 2.45) is 0 Å². The van der Waals surface area contributed by atoms with Crippen molar-refractivity contribution in [1.29, 1.82) is 0 Å². The molecule has 0 unspecified atom stereocenters. The fraction of sp³-hybridized carbons (Fsp3) is 0.385. The van der Waals surface area contributed by atoms with Crippen LogP contribution in [-0.4, -0.2) is 24.0 Å². The van der Waals surface area contributed by atoms with Crippen molar-refractivity contribution < 1.29 is 14.3 Å². The van der Waals surface area contributed by atoms with Gasteiger partial charge in [-0.05, 0) is 44.0 Å². The van der Waals surface area contributed by atoms with E-state index in [9.17, 15) is 9.59 Å². The SMILES string of the molecule is C[C@H](OC(=O)c1ccc(Br)cc1)C(=O)NC1CC1. The molecule has 1 amide bonds. The van der Waals surface area contributed by atoms with Crippen molar-refractivity contribution in [2.45, 2.75) is 31.9 Å². The number of benzene rings is 1. The van der Waals surface area contributed by atoms with Gasteiger partial charge < -0.3 is 10.1 Å². The molecule has 0 saturated heterocycles. The highest BCUT2D eigenvalue weighted by Crippen LogP contribution is 2.19. The Morgan fingerprint density at radius 3 is 2.50 bits per heavy atom. The first-order valence-corrected chi connectivity index (χ1v) is 6.62. The minimum Gasteiger partial charge on any atom is -0.449 e. The maximum Gasteiger partial charge on any atom is 0.338 e. The summed E-state index contributed by atoms with van der Waals surface area (Å²) in [5.74, 6) is -0.719. The van der Waals surface area contributed by atoms with E-state index < -0.39 is 12.1 Å². The molecule has 0 spiro atoms. The van der Waals surface area contributed by atoms with Gasteiger partial charge in [-0.25, -0.2) is 4.79 Å². The number of hydrogen-bond acceptors (Lipinski definition) is 3. The van der Waals surface area contributed by atoms with Crippen molar-refractivity contribution in [2.75, 3.05) is 0 Å². The van der Waals surface area contributed by atoms with E-state index in [2.05, 4.69) is 21.2 Å². The summed E-state index contributed by atoms with van der Waals surface area (Å²) in [7, 11) is 0. The first-order chi connectivity index (χ1) is 8.56. The quantitative estimate of drug-likeness (QED) is 0.868. The fourth-order valence-electron chi connectivity index (χ4n) is 1.41. The normalized spacial score (nSPS) is 15.9. The van der Waals surface area contributed by atoms with Gasteiger partial charge in [-0.2, -0.15) is 0 Å². The maximum absolute atomic E-state index is 11.8. The number of esters is 1. The van der Waals surface area contributed by atoms with Crippen molar-refractivity contribution in [3.05, 3.63) is 34.3 Å². The summed E-state index contributed by atoms with van der Waals surface area (Å²) >= 11 is 3.29. The Labute approximate surface area is 114 Å². The molecule has 1 fully saturated rings. The highest BCUT2D eigenvalue weighted by Gasteiger charge is 2.27. The minimum atomic E-state index is -0.762. The molecular weight excluding hydrogens is 298 g/mol. The lowest BCUT2D eigenvalue weighted by Gasteiger charge is -2.13. The zero-order valence-corrected chi connectivity index (χ0v) is 11.6. The van der Waals surface area contributed by atoms with Crippen LogP contribution in [-0.2, 0) is 9.53 Å². The molecule has 5 heteroatoms. The second-order valence-corrected chi connectivity index (χ2v) is 5.25. The number of hydrogen-bond donors (Lipinski definition) is 1. The summed E-state index contributed by atoms with van der Waals surface area (Å²) in [5.41, 5.74) is 0.435. The molecule has 0 radical (unpaired) electrons. The number of nitrogens with one attached hydrogen (secondary N) is 1. The van der Waals surface area contributed by atoms with Gasteiger partial charge in [0, 0.05) is 10.5 Å². The van der Waals surface area contributed by atoms with E-state index >= 15 is 0 Å². The van der Waals surface area contributed by atoms with Crippen LogP contribution in [0.2, 0.25) is 0 Å². The van der Waals surface area contributed by atoms with Gasteiger partial charge in [0.2, 0.25) is 0 Å². The zero-order chi connectivity index (χ0) is 13.1. The third-order valence-corrected chi connectivity index (χ3v) is 3.19. The highest BCUT2D eigenvalue weighted by molar-refractivity contribution is 9.10. The summed E-state index contributed by atoms with van der Waals surface area (Å²) in [6.07, 6.45) is 1.26. The van der Waals surface area contributed by atoms with Crippen LogP contribution < -0.4 is 5.32 Å². The Balaban J connectivity index is 1.89. The largest absolute Gasteiger partial charge is 0.449 e. The van der Waals surface area contributed by atoms with Gasteiger partial charge in [0.05, 0.1) is 5.56 Å². The summed E-state index contributed by atoms with van der Waals surface area (Å²) in [5, 5.41) is 2.80. The van der Waals surface area contributed by atoms with Crippen LogP contribution in [0.3, 0.4) is 0 Å². The molecule has 0 heterocycles. The highest BCUT2D eigenvalue weighted by atomic mass is 79.9. The van der Waals surface area contributed by atoms with Gasteiger partial charge in [0.15, 0.2) is 6.10 Å². The van der Waals surface area contributed by atoms with E-state index in [-0.39, 0.29) is 11.9 Å². The van der Waals surface area contributed by atoms with Gasteiger partial charge >= 0.3 is 5.97 Å². The Morgan fingerprint density at radius 2 is 1.94 bits per heavy atom. The van der Waals surface area contributed by atoms with Crippen LogP contribution in [0, 0.1) is 0 Å². The molecule has 1 saturated carbocycles. The second kappa shape index (κ2) is 5.52. The molecule has 96 valence electrons. The van der Waals surface area contributed by atoms with E-state index in [0.717, 1.165) is 17.3 Å². The minimum absolute atomic E-state index is 0.233. The fourth-order valence-corrected chi connectivity index (χ4v) is 1.68. The molecule has 2 rings (SSSR count). The van der Waals surface area contributed by atoms with Crippen LogP contribution >= 0.6 is 15.9 Å². The lowest BCUT2D eigenvalue weighted by atomic mass is 10.2. The topological polar surface area (TPSA) is 55.4 Å². The molecule has 0 bridgehead atoms. The first-order valence-electron chi connectivity index (χ1n) is 5.83. The molecule has 4 nitrogen and oxygen atoms in total. The molecule has 1 aliphatic rings. The molecule has 1 N–H and O–H groups in total. The van der Waals surface area contributed by atoms with Gasteiger partial charge in [-0.1, -0.05) is 15.9 Å². The Hall–Kier alpha value is -1.36. The van der Waals surface area contributed by atoms with E-state index in [0.29, 0.717) is 5.56 Å². The summed E-state index contributed by atoms with van der Waals surface area (Å²) in [6.45, 7) is 1.58. The van der Waals surface area contributed by atoms with Crippen LogP contribution in [0.4, 0.5) is 0 Å². The average molecular weight is 312 g/mol. The van der Waals surface area contributed by atoms with Gasteiger partial charge in [0.25, 0.3) is 5.91 Å². The second-order valence-electron chi connectivity index (χ2n) is 4.34. The standard InChI is InChI=1S/C13H14BrNO3/c1-8(12(16)15-11-6-7-11)18-13(17)9-2-4-10(14)5-3-9/h2-5,8,11H,6-7H2,1H3,(H,15,16)/t8-/m0/s1. The third-order valence-electron chi connectivity index (χ3n) is 2.66. The summed E-state index contributed by atoms with van der Waals surface area (Å²) < 4.78 is 5.99. The average Bonchev–Trinajstić information content (AvgIpc) is 3.13. The molecule has 0 aliphatic heterocycles. The monoisotopic (exact) mass is 311 g/mol. The smallest absolute Gasteiger partial charge is 0.338 e. The predicted molar refractivity (Wildman–Crippen MR) is 70.2 cm³/mol. The maximum atomic E-state index is 11.8. The number of ether oxygens (including phenoxy) is 1. The molecule has 1 aromatic carbocycles. The molecule has 1 aromatic rings. The Kier molecular flexibility index (Phi) is 4.01. The van der Waals surface area contributed by atoms with Crippen LogP contribution in [0.5, 0.6) is 0 Å². The number of carbonyl (C=O) groups excluding carboxylic acids is 2. The Morgan fingerprint density at radius 1 is 1.33 bits per heavy atom. The van der Waals surface area contributed by atoms with Gasteiger partial charge in [-0.3, -0.25) is 4.79 Å². The third kappa shape index (κ3) is 3.57. The van der Waals surface area contributed by atoms with Crippen molar-refractivity contribution in [3.8, 4) is 0 Å². The van der Waals surface area contributed by atoms with E-state index in [4.69, 9.17) is 4.74 Å². The number of amides is 1. The molecule has 1 atom stereocenters. The molecule has 1 aliphatic carbocycles. The van der Waals surface area contributed by atoms with Crippen molar-refractivity contribution in [3.63, 3.8) is 0 Å². The Bertz CT molecular complexity index is 454. The van der Waals surface area contributed by atoms with Gasteiger partial charge in [-0.15, -0.1) is 0 Å². The van der Waals surface area contributed by atoms with E-state index in [1.807, 2.05) is 0 Å². The number of carbonyl (C=O) groups is 2. The number of halogens is 1.